The van der Waals surface area contributed by atoms with E-state index in [4.69, 9.17) is 34.8 Å². The van der Waals surface area contributed by atoms with Crippen molar-refractivity contribution in [1.29, 1.82) is 0 Å². The molecule has 2 N–H and O–H groups in total. The van der Waals surface area contributed by atoms with Gasteiger partial charge in [-0.1, -0.05) is 27.5 Å². The second-order valence-electron chi connectivity index (χ2n) is 7.59. The predicted octanol–water partition coefficient (Wildman–Crippen LogP) is 7.30. The molecule has 4 nitrogen and oxygen atoms in total. The number of nitrogens with one attached hydrogen (secondary N) is 2. The first kappa shape index (κ1) is 24.9. The van der Waals surface area contributed by atoms with Crippen LogP contribution < -0.4 is 10.6 Å². The van der Waals surface area contributed by atoms with Crippen LogP contribution in [0.2, 0.25) is 5.02 Å². The lowest BCUT2D eigenvalue weighted by Gasteiger charge is -2.11. The molecule has 0 bridgehead atoms. The molecule has 0 radical (unpaired) electrons. The Morgan fingerprint density at radius 1 is 0.912 bits per heavy atom. The number of carbonyl (C=O) groups excluding carboxylic acids is 2. The highest BCUT2D eigenvalue weighted by Crippen LogP contribution is 2.65. The highest BCUT2D eigenvalue weighted by molar-refractivity contribution is 9.10. The molecule has 34 heavy (non-hydrogen) atoms. The van der Waals surface area contributed by atoms with E-state index in [0.29, 0.717) is 16.1 Å². The first-order chi connectivity index (χ1) is 16.0. The summed E-state index contributed by atoms with van der Waals surface area (Å²) in [6, 6.07) is 10.9. The highest BCUT2D eigenvalue weighted by atomic mass is 79.9. The maximum atomic E-state index is 13.9. The van der Waals surface area contributed by atoms with Crippen molar-refractivity contribution < 1.29 is 22.8 Å². The van der Waals surface area contributed by atoms with Gasteiger partial charge in [0.25, 0.3) is 5.91 Å². The Labute approximate surface area is 215 Å². The van der Waals surface area contributed by atoms with E-state index in [1.165, 1.54) is 30.3 Å². The zero-order valence-electron chi connectivity index (χ0n) is 16.8. The molecule has 0 saturated heterocycles. The first-order valence-electron chi connectivity index (χ1n) is 9.68. The Hall–Kier alpha value is -2.26. The number of carbonyl (C=O) groups is 2. The molecular formula is C23H13BrCl3F3N2O2. The van der Waals surface area contributed by atoms with Crippen molar-refractivity contribution in [3.05, 3.63) is 92.7 Å². The number of benzene rings is 3. The molecular weight excluding hydrogens is 580 g/mol. The molecule has 11 heteroatoms. The lowest BCUT2D eigenvalue weighted by molar-refractivity contribution is -0.117. The molecule has 1 fully saturated rings. The minimum atomic E-state index is -1.45. The van der Waals surface area contributed by atoms with E-state index in [0.717, 1.165) is 12.1 Å². The van der Waals surface area contributed by atoms with Gasteiger partial charge in [-0.05, 0) is 54.1 Å². The largest absolute Gasteiger partial charge is 0.326 e. The topological polar surface area (TPSA) is 58.2 Å². The Bertz CT molecular complexity index is 1300. The van der Waals surface area contributed by atoms with E-state index >= 15 is 0 Å². The van der Waals surface area contributed by atoms with Crippen molar-refractivity contribution >= 4 is 73.9 Å². The fraction of sp³-hybridized carbons (Fsp3) is 0.130. The van der Waals surface area contributed by atoms with E-state index in [-0.39, 0.29) is 22.0 Å². The fourth-order valence-corrected chi connectivity index (χ4v) is 5.11. The van der Waals surface area contributed by atoms with Gasteiger partial charge in [0.2, 0.25) is 5.91 Å². The van der Waals surface area contributed by atoms with Gasteiger partial charge in [0.15, 0.2) is 0 Å². The number of anilines is 2. The van der Waals surface area contributed by atoms with Crippen LogP contribution in [0.5, 0.6) is 0 Å². The maximum Gasteiger partial charge on any atom is 0.257 e. The van der Waals surface area contributed by atoms with Gasteiger partial charge in [0.1, 0.15) is 21.8 Å². The zero-order valence-corrected chi connectivity index (χ0v) is 20.7. The molecule has 2 atom stereocenters. The lowest BCUT2D eigenvalue weighted by atomic mass is 10.1. The molecule has 3 aromatic carbocycles. The minimum absolute atomic E-state index is 0.0379. The molecule has 1 aliphatic rings. The summed E-state index contributed by atoms with van der Waals surface area (Å²) in [6.45, 7) is 0. The van der Waals surface area contributed by atoms with Crippen molar-refractivity contribution in [1.82, 2.24) is 0 Å². The number of halogens is 7. The molecule has 4 rings (SSSR count). The molecule has 0 aliphatic heterocycles. The van der Waals surface area contributed by atoms with Crippen LogP contribution in [0.3, 0.4) is 0 Å². The summed E-state index contributed by atoms with van der Waals surface area (Å²) in [4.78, 5) is 25.5. The van der Waals surface area contributed by atoms with E-state index in [9.17, 15) is 22.8 Å². The lowest BCUT2D eigenvalue weighted by Crippen LogP contribution is -2.18. The van der Waals surface area contributed by atoms with Crippen LogP contribution in [-0.2, 0) is 4.79 Å². The van der Waals surface area contributed by atoms with Gasteiger partial charge in [0.05, 0.1) is 22.2 Å². The average Bonchev–Trinajstić information content (AvgIpc) is 3.33. The number of amides is 2. The third kappa shape index (κ3) is 5.05. The van der Waals surface area contributed by atoms with Crippen LogP contribution >= 0.6 is 50.7 Å². The molecule has 2 amide bonds. The second kappa shape index (κ2) is 9.41. The summed E-state index contributed by atoms with van der Waals surface area (Å²) in [5.74, 6) is -5.12. The smallest absolute Gasteiger partial charge is 0.257 e. The summed E-state index contributed by atoms with van der Waals surface area (Å²) in [7, 11) is 0. The van der Waals surface area contributed by atoms with Crippen molar-refractivity contribution in [2.45, 2.75) is 10.3 Å². The van der Waals surface area contributed by atoms with Gasteiger partial charge < -0.3 is 10.6 Å². The molecule has 176 valence electrons. The second-order valence-corrected chi connectivity index (χ2v) is 10.4. The van der Waals surface area contributed by atoms with Gasteiger partial charge >= 0.3 is 0 Å². The molecule has 3 aromatic rings. The van der Waals surface area contributed by atoms with Crippen molar-refractivity contribution in [2.75, 3.05) is 10.6 Å². The summed E-state index contributed by atoms with van der Waals surface area (Å²) in [6.07, 6.45) is 0. The molecule has 0 spiro atoms. The van der Waals surface area contributed by atoms with Crippen LogP contribution in [0.1, 0.15) is 21.8 Å². The van der Waals surface area contributed by atoms with E-state index < -0.39 is 45.4 Å². The summed E-state index contributed by atoms with van der Waals surface area (Å²) in [5, 5.41) is 4.96. The number of hydrogen-bond donors (Lipinski definition) is 2. The Morgan fingerprint density at radius 3 is 2.32 bits per heavy atom. The summed E-state index contributed by atoms with van der Waals surface area (Å²) in [5.41, 5.74) is 0.351. The van der Waals surface area contributed by atoms with Gasteiger partial charge in [-0.25, -0.2) is 13.2 Å². The maximum absolute atomic E-state index is 13.9. The van der Waals surface area contributed by atoms with Crippen molar-refractivity contribution in [2.24, 2.45) is 5.92 Å². The monoisotopic (exact) mass is 590 g/mol. The Morgan fingerprint density at radius 2 is 1.65 bits per heavy atom. The standard InChI is InChI=1S/C23H13BrCl3F3N2O2/c24-11-5-10(6-13(29)7-11)19-20(23(19,26)27)22(34)31-14-2-3-16(25)15(9-14)21(33)32-18-4-1-12(28)8-17(18)30/h1-9,19-20H,(H,31,34)(H,32,33). The van der Waals surface area contributed by atoms with Crippen molar-refractivity contribution in [3.63, 3.8) is 0 Å². The molecule has 1 saturated carbocycles. The van der Waals surface area contributed by atoms with Crippen LogP contribution in [0.4, 0.5) is 24.5 Å². The van der Waals surface area contributed by atoms with Gasteiger partial charge in [0, 0.05) is 22.1 Å². The van der Waals surface area contributed by atoms with Gasteiger partial charge in [-0.2, -0.15) is 0 Å². The molecule has 2 unspecified atom stereocenters. The predicted molar refractivity (Wildman–Crippen MR) is 129 cm³/mol. The summed E-state index contributed by atoms with van der Waals surface area (Å²) >= 11 is 21.9. The van der Waals surface area contributed by atoms with Gasteiger partial charge in [-0.3, -0.25) is 9.59 Å². The highest BCUT2D eigenvalue weighted by Gasteiger charge is 2.67. The van der Waals surface area contributed by atoms with E-state index in [2.05, 4.69) is 26.6 Å². The zero-order chi connectivity index (χ0) is 24.8. The van der Waals surface area contributed by atoms with E-state index in [1.807, 2.05) is 0 Å². The number of alkyl halides is 2. The molecule has 0 aromatic heterocycles. The number of rotatable bonds is 5. The number of hydrogen-bond acceptors (Lipinski definition) is 2. The normalized spacial score (nSPS) is 18.3. The third-order valence-corrected chi connectivity index (χ3v) is 6.97. The van der Waals surface area contributed by atoms with Crippen LogP contribution in [0.15, 0.2) is 59.1 Å². The Kier molecular flexibility index (Phi) is 6.88. The van der Waals surface area contributed by atoms with Crippen LogP contribution in [0, 0.1) is 23.4 Å². The SMILES string of the molecule is O=C(Nc1ccc(F)cc1F)c1cc(NC(=O)C2C(c3cc(F)cc(Br)c3)C2(Cl)Cl)ccc1Cl. The molecule has 1 aliphatic carbocycles. The minimum Gasteiger partial charge on any atom is -0.326 e. The Balaban J connectivity index is 1.52. The van der Waals surface area contributed by atoms with Crippen LogP contribution in [-0.4, -0.2) is 16.1 Å². The van der Waals surface area contributed by atoms with Crippen LogP contribution in [0.25, 0.3) is 0 Å². The van der Waals surface area contributed by atoms with Crippen molar-refractivity contribution in [3.8, 4) is 0 Å². The average molecular weight is 593 g/mol. The van der Waals surface area contributed by atoms with Gasteiger partial charge in [-0.15, -0.1) is 23.2 Å². The molecule has 0 heterocycles. The summed E-state index contributed by atoms with van der Waals surface area (Å²) < 4.78 is 39.8. The first-order valence-corrected chi connectivity index (χ1v) is 11.6. The van der Waals surface area contributed by atoms with E-state index in [1.54, 1.807) is 6.07 Å². The quantitative estimate of drug-likeness (QED) is 0.306. The fourth-order valence-electron chi connectivity index (χ4n) is 3.60. The third-order valence-electron chi connectivity index (χ3n) is 5.24.